The molecule has 0 aliphatic carbocycles. The predicted octanol–water partition coefficient (Wildman–Crippen LogP) is 3.80. The number of imidazole rings is 1. The lowest BCUT2D eigenvalue weighted by atomic mass is 9.76. The molecule has 0 saturated carbocycles. The van der Waals surface area contributed by atoms with Crippen LogP contribution in [0.5, 0.6) is 0 Å². The van der Waals surface area contributed by atoms with Gasteiger partial charge in [0.05, 0.1) is 17.0 Å². The number of carbonyl (C=O) groups excluding carboxylic acids is 1. The van der Waals surface area contributed by atoms with Gasteiger partial charge in [-0.3, -0.25) is 14.1 Å². The molecule has 1 aliphatic heterocycles. The van der Waals surface area contributed by atoms with Gasteiger partial charge < -0.3 is 14.6 Å². The summed E-state index contributed by atoms with van der Waals surface area (Å²) in [6.07, 6.45) is 4.04. The van der Waals surface area contributed by atoms with E-state index in [1.807, 2.05) is 4.90 Å². The summed E-state index contributed by atoms with van der Waals surface area (Å²) in [7, 11) is -8.73. The molecule has 1 aliphatic rings. The molecule has 0 radical (unpaired) electrons. The van der Waals surface area contributed by atoms with Crippen molar-refractivity contribution in [3.63, 3.8) is 0 Å². The Morgan fingerprint density at radius 1 is 0.889 bits per heavy atom. The van der Waals surface area contributed by atoms with Gasteiger partial charge in [-0.2, -0.15) is 8.42 Å². The summed E-state index contributed by atoms with van der Waals surface area (Å²) >= 11 is 0. The van der Waals surface area contributed by atoms with Gasteiger partial charge in [0.25, 0.3) is 26.0 Å². The number of carboxylic acid groups (broad SMARTS) is 1. The first-order valence-electron chi connectivity index (χ1n) is 14.1. The minimum atomic E-state index is -4.49. The minimum Gasteiger partial charge on any atom is -0.481 e. The van der Waals surface area contributed by atoms with Crippen molar-refractivity contribution in [3.05, 3.63) is 108 Å². The molecule has 12 nitrogen and oxygen atoms in total. The smallest absolute Gasteiger partial charge is 0.303 e. The number of hydrogen-bond donors (Lipinski definition) is 2. The van der Waals surface area contributed by atoms with Crippen LogP contribution >= 0.6 is 0 Å². The fourth-order valence-electron chi connectivity index (χ4n) is 5.75. The van der Waals surface area contributed by atoms with Crippen molar-refractivity contribution in [2.45, 2.75) is 36.6 Å². The molecule has 4 aromatic rings. The van der Waals surface area contributed by atoms with Crippen LogP contribution in [0.15, 0.2) is 96.4 Å². The van der Waals surface area contributed by atoms with Gasteiger partial charge in [-0.05, 0) is 44.0 Å². The summed E-state index contributed by atoms with van der Waals surface area (Å²) < 4.78 is 63.3. The third kappa shape index (κ3) is 6.08. The van der Waals surface area contributed by atoms with Crippen molar-refractivity contribution < 1.29 is 36.1 Å². The van der Waals surface area contributed by atoms with E-state index in [9.17, 15) is 31.3 Å². The molecule has 14 heteroatoms. The van der Waals surface area contributed by atoms with Crippen molar-refractivity contribution in [2.24, 2.45) is 0 Å². The lowest BCUT2D eigenvalue weighted by Crippen LogP contribution is -2.56. The number of aryl methyl sites for hydroxylation is 1. The molecule has 0 spiro atoms. The number of carboxylic acids is 1. The Labute approximate surface area is 261 Å². The number of para-hydroxylation sites is 2. The number of amides is 1. The van der Waals surface area contributed by atoms with E-state index in [4.69, 9.17) is 0 Å². The molecule has 1 aromatic heterocycles. The summed E-state index contributed by atoms with van der Waals surface area (Å²) in [6.45, 7) is 1.56. The molecule has 2 N–H and O–H groups in total. The Bertz CT molecular complexity index is 1880. The van der Waals surface area contributed by atoms with Gasteiger partial charge in [0.1, 0.15) is 0 Å². The van der Waals surface area contributed by atoms with Crippen LogP contribution in [0.3, 0.4) is 0 Å². The first-order chi connectivity index (χ1) is 21.4. The highest BCUT2D eigenvalue weighted by molar-refractivity contribution is 7.89. The van der Waals surface area contributed by atoms with Gasteiger partial charge in [-0.25, -0.2) is 17.7 Å². The molecule has 45 heavy (non-hydrogen) atoms. The van der Waals surface area contributed by atoms with Gasteiger partial charge >= 0.3 is 5.97 Å². The van der Waals surface area contributed by atoms with E-state index in [0.717, 1.165) is 9.87 Å². The summed E-state index contributed by atoms with van der Waals surface area (Å²) in [6, 6.07) is 19.9. The Morgan fingerprint density at radius 2 is 1.49 bits per heavy atom. The maximum absolute atomic E-state index is 15.3. The second-order valence-electron chi connectivity index (χ2n) is 10.7. The van der Waals surface area contributed by atoms with Gasteiger partial charge in [0.2, 0.25) is 0 Å². The number of aromatic nitrogens is 2. The van der Waals surface area contributed by atoms with Crippen molar-refractivity contribution >= 4 is 43.4 Å². The van der Waals surface area contributed by atoms with Crippen LogP contribution in [-0.4, -0.2) is 71.1 Å². The van der Waals surface area contributed by atoms with Crippen molar-refractivity contribution in [1.29, 1.82) is 0 Å². The van der Waals surface area contributed by atoms with E-state index in [-0.39, 0.29) is 30.7 Å². The number of rotatable bonds is 12. The molecule has 1 amide bonds. The van der Waals surface area contributed by atoms with Gasteiger partial charge in [-0.1, -0.05) is 54.1 Å². The van der Waals surface area contributed by atoms with Crippen molar-refractivity contribution in [3.8, 4) is 0 Å². The number of sulfonamides is 1. The lowest BCUT2D eigenvalue weighted by Gasteiger charge is -2.46. The summed E-state index contributed by atoms with van der Waals surface area (Å²) in [4.78, 5) is 32.6. The average Bonchev–Trinajstić information content (AvgIpc) is 3.54. The standard InChI is InChI=1S/C31H32N4O8S2/c1-23-13-15-24(16-14-23)45(42,43)35(19-6-12-29(36)37)30(38)31(33-20-17-32-22-33)25-8-2-4-10-27(25)34(18-7-21-44(39,40)41)28-11-5-3-9-26(28)31/h2-5,8-11,13-17,20,22H,6-7,12,18-19,21H2,1H3,(H,36,37)(H,39,40,41). The first-order valence-corrected chi connectivity index (χ1v) is 17.2. The van der Waals surface area contributed by atoms with Gasteiger partial charge in [-0.15, -0.1) is 0 Å². The Balaban J connectivity index is 1.75. The van der Waals surface area contributed by atoms with Crippen LogP contribution in [0.2, 0.25) is 0 Å². The summed E-state index contributed by atoms with van der Waals surface area (Å²) in [5, 5.41) is 9.35. The Hall–Kier alpha value is -4.53. The maximum Gasteiger partial charge on any atom is 0.303 e. The molecule has 3 aromatic carbocycles. The third-order valence-electron chi connectivity index (χ3n) is 7.74. The van der Waals surface area contributed by atoms with Crippen LogP contribution in [-0.2, 0) is 35.3 Å². The van der Waals surface area contributed by atoms with Crippen LogP contribution in [0.1, 0.15) is 36.0 Å². The third-order valence-corrected chi connectivity index (χ3v) is 10.3. The van der Waals surface area contributed by atoms with E-state index >= 15 is 4.79 Å². The quantitative estimate of drug-likeness (QED) is 0.215. The molecular formula is C31H32N4O8S2. The van der Waals surface area contributed by atoms with E-state index in [1.165, 1.54) is 29.2 Å². The molecule has 0 unspecified atom stereocenters. The molecule has 236 valence electrons. The number of carbonyl (C=O) groups is 2. The zero-order valence-electron chi connectivity index (χ0n) is 24.4. The fourth-order valence-corrected chi connectivity index (χ4v) is 7.70. The highest BCUT2D eigenvalue weighted by atomic mass is 32.2. The number of nitrogens with zero attached hydrogens (tertiary/aromatic N) is 4. The van der Waals surface area contributed by atoms with Gasteiger partial charge in [0, 0.05) is 54.4 Å². The molecule has 0 saturated heterocycles. The Kier molecular flexibility index (Phi) is 8.83. The number of fused-ring (bicyclic) bond motifs is 2. The minimum absolute atomic E-state index is 0.0661. The number of hydrogen-bond acceptors (Lipinski definition) is 8. The SMILES string of the molecule is Cc1ccc(S(=O)(=O)N(CCCC(=O)O)C(=O)C2(n3ccnc3)c3ccccc3N(CCCS(=O)(=O)O)c3ccccc32)cc1. The molecule has 2 heterocycles. The number of anilines is 2. The monoisotopic (exact) mass is 652 g/mol. The highest BCUT2D eigenvalue weighted by Gasteiger charge is 2.54. The van der Waals surface area contributed by atoms with Crippen molar-refractivity contribution in [2.75, 3.05) is 23.7 Å². The van der Waals surface area contributed by atoms with E-state index < -0.39 is 49.9 Å². The zero-order chi connectivity index (χ0) is 32.4. The Morgan fingerprint density at radius 3 is 2.02 bits per heavy atom. The second kappa shape index (κ2) is 12.5. The molecule has 0 bridgehead atoms. The van der Waals surface area contributed by atoms with Crippen LogP contribution in [0, 0.1) is 6.92 Å². The maximum atomic E-state index is 15.3. The molecular weight excluding hydrogens is 620 g/mol. The zero-order valence-corrected chi connectivity index (χ0v) is 26.0. The fraction of sp³-hybridized carbons (Fsp3) is 0.258. The largest absolute Gasteiger partial charge is 0.481 e. The molecule has 5 rings (SSSR count). The molecule has 0 fully saturated rings. The van der Waals surface area contributed by atoms with Crippen molar-refractivity contribution in [1.82, 2.24) is 13.9 Å². The topological polar surface area (TPSA) is 167 Å². The molecule has 0 atom stereocenters. The second-order valence-corrected chi connectivity index (χ2v) is 14.1. The normalized spacial score (nSPS) is 14.0. The first kappa shape index (κ1) is 31.9. The summed E-state index contributed by atoms with van der Waals surface area (Å²) in [5.41, 5.74) is 0.849. The number of aliphatic carboxylic acids is 1. The highest BCUT2D eigenvalue weighted by Crippen LogP contribution is 2.51. The lowest BCUT2D eigenvalue weighted by molar-refractivity contribution is -0.138. The van der Waals surface area contributed by atoms with E-state index in [1.54, 1.807) is 73.8 Å². The van der Waals surface area contributed by atoms with Gasteiger partial charge in [0.15, 0.2) is 5.54 Å². The van der Waals surface area contributed by atoms with Crippen LogP contribution in [0.4, 0.5) is 11.4 Å². The van der Waals surface area contributed by atoms with E-state index in [2.05, 4.69) is 4.98 Å². The van der Waals surface area contributed by atoms with E-state index in [0.29, 0.717) is 22.5 Å². The number of benzene rings is 3. The van der Waals surface area contributed by atoms with Crippen LogP contribution < -0.4 is 4.90 Å². The summed E-state index contributed by atoms with van der Waals surface area (Å²) in [5.74, 6) is -2.46. The van der Waals surface area contributed by atoms with Crippen LogP contribution in [0.25, 0.3) is 0 Å². The predicted molar refractivity (Wildman–Crippen MR) is 166 cm³/mol. The average molecular weight is 653 g/mol.